The van der Waals surface area contributed by atoms with E-state index < -0.39 is 5.63 Å². The van der Waals surface area contributed by atoms with E-state index in [9.17, 15) is 10.1 Å². The standard InChI is InChI=1S/C23H20N2O2/c24-16-20-21(25-13-5-2-6-14-25)15-22(27-23(20)26)19-11-9-18(10-12-19)17-7-3-1-4-8-17/h1,3-4,7-12,15H,2,5-6,13-14H2. The van der Waals surface area contributed by atoms with Gasteiger partial charge in [0.15, 0.2) is 5.56 Å². The highest BCUT2D eigenvalue weighted by molar-refractivity contribution is 5.71. The van der Waals surface area contributed by atoms with E-state index in [4.69, 9.17) is 4.42 Å². The van der Waals surface area contributed by atoms with Crippen molar-refractivity contribution in [3.63, 3.8) is 0 Å². The summed E-state index contributed by atoms with van der Waals surface area (Å²) in [5.74, 6) is 0.499. The molecule has 2 heterocycles. The first-order chi connectivity index (χ1) is 13.3. The van der Waals surface area contributed by atoms with Gasteiger partial charge in [-0.2, -0.15) is 5.26 Å². The number of hydrogen-bond acceptors (Lipinski definition) is 4. The number of rotatable bonds is 3. The largest absolute Gasteiger partial charge is 0.422 e. The predicted octanol–water partition coefficient (Wildman–Crippen LogP) is 4.84. The second kappa shape index (κ2) is 7.51. The molecule has 0 atom stereocenters. The molecular formula is C23H20N2O2. The number of piperidine rings is 1. The van der Waals surface area contributed by atoms with Crippen molar-refractivity contribution in [2.45, 2.75) is 19.3 Å². The van der Waals surface area contributed by atoms with Gasteiger partial charge in [0.05, 0.1) is 5.69 Å². The SMILES string of the molecule is N#Cc1c(N2CCCCC2)cc(-c2ccc(-c3ccccc3)cc2)oc1=O. The van der Waals surface area contributed by atoms with Crippen LogP contribution in [0.25, 0.3) is 22.5 Å². The van der Waals surface area contributed by atoms with Crippen LogP contribution in [0.5, 0.6) is 0 Å². The molecule has 0 N–H and O–H groups in total. The quantitative estimate of drug-likeness (QED) is 0.674. The Morgan fingerprint density at radius 1 is 0.852 bits per heavy atom. The first-order valence-corrected chi connectivity index (χ1v) is 9.25. The molecule has 4 nitrogen and oxygen atoms in total. The van der Waals surface area contributed by atoms with Crippen LogP contribution in [0.2, 0.25) is 0 Å². The average Bonchev–Trinajstić information content (AvgIpc) is 2.74. The molecule has 1 aromatic heterocycles. The monoisotopic (exact) mass is 356 g/mol. The van der Waals surface area contributed by atoms with Crippen LogP contribution in [-0.4, -0.2) is 13.1 Å². The van der Waals surface area contributed by atoms with Gasteiger partial charge in [0, 0.05) is 24.7 Å². The Kier molecular flexibility index (Phi) is 4.76. The van der Waals surface area contributed by atoms with Gasteiger partial charge in [-0.3, -0.25) is 0 Å². The highest BCUT2D eigenvalue weighted by Crippen LogP contribution is 2.29. The molecule has 1 saturated heterocycles. The lowest BCUT2D eigenvalue weighted by Crippen LogP contribution is -2.31. The van der Waals surface area contributed by atoms with Crippen molar-refractivity contribution in [3.8, 4) is 28.5 Å². The fourth-order valence-electron chi connectivity index (χ4n) is 3.57. The third-order valence-electron chi connectivity index (χ3n) is 5.02. The molecule has 4 heteroatoms. The minimum atomic E-state index is -0.567. The van der Waals surface area contributed by atoms with E-state index in [1.165, 1.54) is 6.42 Å². The minimum Gasteiger partial charge on any atom is -0.422 e. The van der Waals surface area contributed by atoms with E-state index in [0.29, 0.717) is 11.4 Å². The van der Waals surface area contributed by atoms with Gasteiger partial charge in [-0.25, -0.2) is 4.79 Å². The maximum absolute atomic E-state index is 12.4. The predicted molar refractivity (Wildman–Crippen MR) is 107 cm³/mol. The van der Waals surface area contributed by atoms with Gasteiger partial charge < -0.3 is 9.32 Å². The summed E-state index contributed by atoms with van der Waals surface area (Å²) in [7, 11) is 0. The Morgan fingerprint density at radius 2 is 1.48 bits per heavy atom. The molecular weight excluding hydrogens is 336 g/mol. The number of hydrogen-bond donors (Lipinski definition) is 0. The fourth-order valence-corrected chi connectivity index (χ4v) is 3.57. The zero-order chi connectivity index (χ0) is 18.6. The first-order valence-electron chi connectivity index (χ1n) is 9.25. The maximum atomic E-state index is 12.4. The molecule has 0 amide bonds. The molecule has 4 rings (SSSR count). The van der Waals surface area contributed by atoms with E-state index in [1.54, 1.807) is 0 Å². The van der Waals surface area contributed by atoms with Gasteiger partial charge in [0.1, 0.15) is 11.8 Å². The van der Waals surface area contributed by atoms with E-state index in [0.717, 1.165) is 42.6 Å². The number of nitriles is 1. The third kappa shape index (κ3) is 3.50. The molecule has 2 aromatic carbocycles. The second-order valence-corrected chi connectivity index (χ2v) is 6.76. The van der Waals surface area contributed by atoms with Crippen LogP contribution >= 0.6 is 0 Å². The molecule has 1 aliphatic heterocycles. The van der Waals surface area contributed by atoms with Gasteiger partial charge >= 0.3 is 5.63 Å². The number of benzene rings is 2. The molecule has 1 fully saturated rings. The summed E-state index contributed by atoms with van der Waals surface area (Å²) in [5, 5.41) is 9.42. The van der Waals surface area contributed by atoms with E-state index >= 15 is 0 Å². The summed E-state index contributed by atoms with van der Waals surface area (Å²) < 4.78 is 5.46. The van der Waals surface area contributed by atoms with Gasteiger partial charge in [0.2, 0.25) is 0 Å². The molecule has 0 radical (unpaired) electrons. The summed E-state index contributed by atoms with van der Waals surface area (Å²) >= 11 is 0. The molecule has 27 heavy (non-hydrogen) atoms. The summed E-state index contributed by atoms with van der Waals surface area (Å²) in [6, 6.07) is 21.9. The van der Waals surface area contributed by atoms with Crippen LogP contribution in [0, 0.1) is 11.3 Å². The van der Waals surface area contributed by atoms with Crippen molar-refractivity contribution in [2.24, 2.45) is 0 Å². The van der Waals surface area contributed by atoms with Crippen LogP contribution < -0.4 is 10.5 Å². The summed E-state index contributed by atoms with van der Waals surface area (Å²) in [6.07, 6.45) is 3.34. The van der Waals surface area contributed by atoms with Crippen molar-refractivity contribution in [2.75, 3.05) is 18.0 Å². The molecule has 0 saturated carbocycles. The van der Waals surface area contributed by atoms with Gasteiger partial charge in [-0.15, -0.1) is 0 Å². The number of anilines is 1. The van der Waals surface area contributed by atoms with Gasteiger partial charge in [0.25, 0.3) is 0 Å². The summed E-state index contributed by atoms with van der Waals surface area (Å²) in [5.41, 5.74) is 3.29. The van der Waals surface area contributed by atoms with Crippen molar-refractivity contribution < 1.29 is 4.42 Å². The Balaban J connectivity index is 1.72. The number of nitrogens with zero attached hydrogens (tertiary/aromatic N) is 2. The Hall–Kier alpha value is -3.32. The lowest BCUT2D eigenvalue weighted by Gasteiger charge is -2.29. The van der Waals surface area contributed by atoms with E-state index in [1.807, 2.05) is 54.6 Å². The Morgan fingerprint density at radius 3 is 2.15 bits per heavy atom. The van der Waals surface area contributed by atoms with Gasteiger partial charge in [-0.1, -0.05) is 54.6 Å². The maximum Gasteiger partial charge on any atom is 0.356 e. The van der Waals surface area contributed by atoms with Gasteiger partial charge in [-0.05, 0) is 30.4 Å². The van der Waals surface area contributed by atoms with Crippen molar-refractivity contribution in [1.29, 1.82) is 5.26 Å². The molecule has 134 valence electrons. The molecule has 0 bridgehead atoms. The van der Waals surface area contributed by atoms with Crippen LogP contribution in [0.15, 0.2) is 69.9 Å². The zero-order valence-corrected chi connectivity index (χ0v) is 15.0. The molecule has 3 aromatic rings. The lowest BCUT2D eigenvalue weighted by molar-refractivity contribution is 0.519. The van der Waals surface area contributed by atoms with Crippen LogP contribution in [0.4, 0.5) is 5.69 Å². The van der Waals surface area contributed by atoms with Crippen LogP contribution in [-0.2, 0) is 0 Å². The molecule has 0 spiro atoms. The van der Waals surface area contributed by atoms with E-state index in [2.05, 4.69) is 17.0 Å². The third-order valence-corrected chi connectivity index (χ3v) is 5.02. The van der Waals surface area contributed by atoms with Crippen LogP contribution in [0.1, 0.15) is 24.8 Å². The molecule has 0 unspecified atom stereocenters. The normalized spacial score (nSPS) is 14.0. The van der Waals surface area contributed by atoms with Crippen molar-refractivity contribution >= 4 is 5.69 Å². The fraction of sp³-hybridized carbons (Fsp3) is 0.217. The molecule has 0 aliphatic carbocycles. The van der Waals surface area contributed by atoms with Crippen molar-refractivity contribution in [1.82, 2.24) is 0 Å². The summed E-state index contributed by atoms with van der Waals surface area (Å²) in [4.78, 5) is 14.5. The lowest BCUT2D eigenvalue weighted by atomic mass is 10.0. The highest BCUT2D eigenvalue weighted by Gasteiger charge is 2.20. The Bertz CT molecular complexity index is 1020. The van der Waals surface area contributed by atoms with Crippen molar-refractivity contribution in [3.05, 3.63) is 76.6 Å². The topological polar surface area (TPSA) is 57.2 Å². The van der Waals surface area contributed by atoms with Crippen LogP contribution in [0.3, 0.4) is 0 Å². The highest BCUT2D eigenvalue weighted by atomic mass is 16.4. The Labute approximate surface area is 158 Å². The summed E-state index contributed by atoms with van der Waals surface area (Å²) in [6.45, 7) is 1.73. The second-order valence-electron chi connectivity index (χ2n) is 6.76. The molecule has 1 aliphatic rings. The first kappa shape index (κ1) is 17.1. The minimum absolute atomic E-state index is 0.0987. The van der Waals surface area contributed by atoms with E-state index in [-0.39, 0.29) is 5.56 Å². The average molecular weight is 356 g/mol. The zero-order valence-electron chi connectivity index (χ0n) is 15.0. The smallest absolute Gasteiger partial charge is 0.356 e.